The number of carbonyl (C=O) groups excluding carboxylic acids is 1. The number of ether oxygens (including phenoxy) is 1. The molecule has 1 aromatic heterocycles. The fraction of sp³-hybridized carbons (Fsp3) is 0.333. The molecule has 1 N–H and O–H groups in total. The lowest BCUT2D eigenvalue weighted by molar-refractivity contribution is -0.143. The Balaban J connectivity index is 2.13. The van der Waals surface area contributed by atoms with Crippen LogP contribution in [0.15, 0.2) is 24.5 Å². The van der Waals surface area contributed by atoms with E-state index in [2.05, 4.69) is 4.98 Å². The van der Waals surface area contributed by atoms with Gasteiger partial charge in [0.1, 0.15) is 5.75 Å². The first-order chi connectivity index (χ1) is 8.20. The molecule has 17 heavy (non-hydrogen) atoms. The Hall–Kier alpha value is -2.04. The minimum atomic E-state index is -0.227. The number of hydrogen-bond acceptors (Lipinski definition) is 4. The predicted octanol–water partition coefficient (Wildman–Crippen LogP) is 1.70. The first kappa shape index (κ1) is 11.4. The molecule has 0 aliphatic carbocycles. The summed E-state index contributed by atoms with van der Waals surface area (Å²) in [5.74, 6) is -0.0371. The van der Waals surface area contributed by atoms with E-state index in [-0.39, 0.29) is 11.7 Å². The number of carbonyl (C=O) groups is 1. The molecule has 0 bridgehead atoms. The van der Waals surface area contributed by atoms with Gasteiger partial charge in [0.2, 0.25) is 0 Å². The van der Waals surface area contributed by atoms with Crippen LogP contribution in [0, 0.1) is 0 Å². The molecule has 0 spiro atoms. The second kappa shape index (κ2) is 4.86. The summed E-state index contributed by atoms with van der Waals surface area (Å²) >= 11 is 0. The van der Waals surface area contributed by atoms with Crippen molar-refractivity contribution in [1.82, 2.24) is 9.55 Å². The maximum Gasteiger partial charge on any atom is 0.307 e. The van der Waals surface area contributed by atoms with E-state index >= 15 is 0 Å². The molecule has 0 fully saturated rings. The highest BCUT2D eigenvalue weighted by atomic mass is 16.5. The van der Waals surface area contributed by atoms with Crippen molar-refractivity contribution in [2.75, 3.05) is 6.61 Å². The van der Waals surface area contributed by atoms with Crippen molar-refractivity contribution in [3.05, 3.63) is 24.5 Å². The van der Waals surface area contributed by atoms with Crippen LogP contribution in [0.25, 0.3) is 11.0 Å². The van der Waals surface area contributed by atoms with E-state index in [9.17, 15) is 9.90 Å². The average Bonchev–Trinajstić information content (AvgIpc) is 2.69. The van der Waals surface area contributed by atoms with Gasteiger partial charge in [-0.3, -0.25) is 4.79 Å². The third-order valence-electron chi connectivity index (χ3n) is 2.47. The summed E-state index contributed by atoms with van der Waals surface area (Å²) in [6.45, 7) is 2.67. The Morgan fingerprint density at radius 3 is 3.12 bits per heavy atom. The third kappa shape index (κ3) is 2.55. The maximum absolute atomic E-state index is 11.2. The number of nitrogens with zero attached hydrogens (tertiary/aromatic N) is 2. The van der Waals surface area contributed by atoms with Crippen molar-refractivity contribution in [3.8, 4) is 5.75 Å². The number of aromatic nitrogens is 2. The Morgan fingerprint density at radius 1 is 1.53 bits per heavy atom. The second-order valence-corrected chi connectivity index (χ2v) is 3.67. The molecule has 5 heteroatoms. The molecule has 2 rings (SSSR count). The lowest BCUT2D eigenvalue weighted by atomic mass is 10.3. The number of benzene rings is 1. The molecule has 0 unspecified atom stereocenters. The van der Waals surface area contributed by atoms with Crippen LogP contribution in [0.3, 0.4) is 0 Å². The molecule has 1 aromatic carbocycles. The van der Waals surface area contributed by atoms with Crippen molar-refractivity contribution >= 4 is 17.0 Å². The van der Waals surface area contributed by atoms with Crippen molar-refractivity contribution < 1.29 is 14.6 Å². The van der Waals surface area contributed by atoms with E-state index in [4.69, 9.17) is 4.74 Å². The van der Waals surface area contributed by atoms with Gasteiger partial charge in [0.25, 0.3) is 0 Å². The van der Waals surface area contributed by atoms with Gasteiger partial charge in [0, 0.05) is 12.6 Å². The number of aryl methyl sites for hydroxylation is 1. The zero-order valence-corrected chi connectivity index (χ0v) is 9.59. The van der Waals surface area contributed by atoms with Gasteiger partial charge in [-0.15, -0.1) is 0 Å². The lowest BCUT2D eigenvalue weighted by Gasteiger charge is -2.04. The van der Waals surface area contributed by atoms with E-state index in [1.54, 1.807) is 31.5 Å². The van der Waals surface area contributed by atoms with Crippen LogP contribution < -0.4 is 0 Å². The fourth-order valence-electron chi connectivity index (χ4n) is 1.67. The zero-order chi connectivity index (χ0) is 12.3. The molecule has 0 aliphatic heterocycles. The summed E-state index contributed by atoms with van der Waals surface area (Å²) in [5, 5.41) is 9.40. The average molecular weight is 234 g/mol. The number of aromatic hydroxyl groups is 1. The number of imidazole rings is 1. The van der Waals surface area contributed by atoms with Gasteiger partial charge in [-0.2, -0.15) is 0 Å². The number of esters is 1. The van der Waals surface area contributed by atoms with Gasteiger partial charge in [-0.05, 0) is 19.1 Å². The van der Waals surface area contributed by atoms with Gasteiger partial charge < -0.3 is 14.4 Å². The topological polar surface area (TPSA) is 64.4 Å². The summed E-state index contributed by atoms with van der Waals surface area (Å²) in [7, 11) is 0. The second-order valence-electron chi connectivity index (χ2n) is 3.67. The number of hydrogen-bond donors (Lipinski definition) is 1. The Bertz CT molecular complexity index is 534. The molecular formula is C12H14N2O3. The third-order valence-corrected chi connectivity index (χ3v) is 2.47. The molecule has 0 atom stereocenters. The van der Waals surface area contributed by atoms with Gasteiger partial charge >= 0.3 is 5.97 Å². The van der Waals surface area contributed by atoms with Crippen molar-refractivity contribution in [3.63, 3.8) is 0 Å². The predicted molar refractivity (Wildman–Crippen MR) is 62.6 cm³/mol. The van der Waals surface area contributed by atoms with E-state index in [0.29, 0.717) is 19.6 Å². The van der Waals surface area contributed by atoms with Crippen LogP contribution in [-0.4, -0.2) is 27.2 Å². The van der Waals surface area contributed by atoms with Crippen molar-refractivity contribution in [2.24, 2.45) is 0 Å². The largest absolute Gasteiger partial charge is 0.508 e. The summed E-state index contributed by atoms with van der Waals surface area (Å²) in [6, 6.07) is 4.96. The monoisotopic (exact) mass is 234 g/mol. The maximum atomic E-state index is 11.2. The molecule has 90 valence electrons. The number of phenolic OH excluding ortho intramolecular Hbond substituents is 1. The summed E-state index contributed by atoms with van der Waals surface area (Å²) < 4.78 is 6.68. The highest BCUT2D eigenvalue weighted by Gasteiger charge is 2.06. The zero-order valence-electron chi connectivity index (χ0n) is 9.59. The van der Waals surface area contributed by atoms with Crippen LogP contribution in [-0.2, 0) is 16.1 Å². The van der Waals surface area contributed by atoms with Gasteiger partial charge in [-0.1, -0.05) is 0 Å². The summed E-state index contributed by atoms with van der Waals surface area (Å²) in [4.78, 5) is 15.4. The Labute approximate surface area is 98.6 Å². The molecule has 5 nitrogen and oxygen atoms in total. The van der Waals surface area contributed by atoms with Crippen LogP contribution in [0.1, 0.15) is 13.3 Å². The number of rotatable bonds is 4. The summed E-state index contributed by atoms with van der Waals surface area (Å²) in [6.07, 6.45) is 1.96. The first-order valence-electron chi connectivity index (χ1n) is 5.50. The van der Waals surface area contributed by atoms with Crippen LogP contribution in [0.5, 0.6) is 5.75 Å². The SMILES string of the molecule is CCOC(=O)CCn1cnc2ccc(O)cc21. The first-order valence-corrected chi connectivity index (χ1v) is 5.50. The minimum absolute atomic E-state index is 0.190. The Morgan fingerprint density at radius 2 is 2.35 bits per heavy atom. The number of phenols is 1. The van der Waals surface area contributed by atoms with Gasteiger partial charge in [0.05, 0.1) is 30.4 Å². The highest BCUT2D eigenvalue weighted by Crippen LogP contribution is 2.18. The molecule has 0 saturated heterocycles. The minimum Gasteiger partial charge on any atom is -0.508 e. The van der Waals surface area contributed by atoms with E-state index in [0.717, 1.165) is 11.0 Å². The standard InChI is InChI=1S/C12H14N2O3/c1-2-17-12(16)5-6-14-8-13-10-4-3-9(15)7-11(10)14/h3-4,7-8,15H,2,5-6H2,1H3. The van der Waals surface area contributed by atoms with Crippen LogP contribution in [0.2, 0.25) is 0 Å². The Kier molecular flexibility index (Phi) is 3.27. The van der Waals surface area contributed by atoms with E-state index < -0.39 is 0 Å². The van der Waals surface area contributed by atoms with Crippen molar-refractivity contribution in [1.29, 1.82) is 0 Å². The van der Waals surface area contributed by atoms with E-state index in [1.165, 1.54) is 0 Å². The smallest absolute Gasteiger partial charge is 0.307 e. The quantitative estimate of drug-likeness (QED) is 0.818. The molecular weight excluding hydrogens is 220 g/mol. The lowest BCUT2D eigenvalue weighted by Crippen LogP contribution is -2.08. The molecule has 1 heterocycles. The van der Waals surface area contributed by atoms with Gasteiger partial charge in [0.15, 0.2) is 0 Å². The van der Waals surface area contributed by atoms with E-state index in [1.807, 2.05) is 4.57 Å². The molecule has 0 aliphatic rings. The van der Waals surface area contributed by atoms with Crippen LogP contribution >= 0.6 is 0 Å². The summed E-state index contributed by atoms with van der Waals surface area (Å²) in [5.41, 5.74) is 1.61. The van der Waals surface area contributed by atoms with Crippen LogP contribution in [0.4, 0.5) is 0 Å². The molecule has 0 radical (unpaired) electrons. The number of fused-ring (bicyclic) bond motifs is 1. The highest BCUT2D eigenvalue weighted by molar-refractivity contribution is 5.77. The van der Waals surface area contributed by atoms with Gasteiger partial charge in [-0.25, -0.2) is 4.98 Å². The van der Waals surface area contributed by atoms with Crippen molar-refractivity contribution in [2.45, 2.75) is 19.9 Å². The molecule has 0 amide bonds. The fourth-order valence-corrected chi connectivity index (χ4v) is 1.67. The normalized spacial score (nSPS) is 10.6. The molecule has 2 aromatic rings. The molecule has 0 saturated carbocycles.